The highest BCUT2D eigenvalue weighted by atomic mass is 32.1. The molecule has 0 fully saturated rings. The van der Waals surface area contributed by atoms with Gasteiger partial charge in [-0.3, -0.25) is 4.79 Å². The Hall–Kier alpha value is -1.24. The molecule has 4 nitrogen and oxygen atoms in total. The molecule has 0 aromatic carbocycles. The lowest BCUT2D eigenvalue weighted by Gasteiger charge is -2.27. The Kier molecular flexibility index (Phi) is 4.91. The minimum Gasteiger partial charge on any atom is -0.394 e. The number of aromatic nitrogens is 1. The van der Waals surface area contributed by atoms with Crippen LogP contribution in [0.4, 0.5) is 0 Å². The van der Waals surface area contributed by atoms with Gasteiger partial charge >= 0.3 is 0 Å². The van der Waals surface area contributed by atoms with E-state index in [1.807, 2.05) is 36.7 Å². The summed E-state index contributed by atoms with van der Waals surface area (Å²) in [7, 11) is 0. The number of thiophene rings is 1. The van der Waals surface area contributed by atoms with Gasteiger partial charge in [0.1, 0.15) is 5.01 Å². The summed E-state index contributed by atoms with van der Waals surface area (Å²) in [6.07, 6.45) is 0.935. The van der Waals surface area contributed by atoms with Gasteiger partial charge in [0, 0.05) is 5.38 Å². The van der Waals surface area contributed by atoms with Gasteiger partial charge in [0.15, 0.2) is 0 Å². The van der Waals surface area contributed by atoms with Crippen molar-refractivity contribution in [2.45, 2.75) is 32.2 Å². The third-order valence-corrected chi connectivity index (χ3v) is 5.13. The first-order chi connectivity index (χ1) is 9.56. The lowest BCUT2D eigenvalue weighted by molar-refractivity contribution is -0.122. The highest BCUT2D eigenvalue weighted by molar-refractivity contribution is 7.20. The molecule has 2 rings (SSSR count). The molecule has 2 heterocycles. The number of thiazole rings is 1. The van der Waals surface area contributed by atoms with Crippen LogP contribution in [0.25, 0.3) is 9.88 Å². The second-order valence-corrected chi connectivity index (χ2v) is 6.72. The van der Waals surface area contributed by atoms with Crippen molar-refractivity contribution in [1.82, 2.24) is 10.3 Å². The number of nitrogens with zero attached hydrogens (tertiary/aromatic N) is 1. The molecule has 2 aromatic rings. The van der Waals surface area contributed by atoms with Crippen LogP contribution in [0.2, 0.25) is 0 Å². The normalized spacial score (nSPS) is 13.9. The van der Waals surface area contributed by atoms with Crippen LogP contribution in [-0.4, -0.2) is 28.1 Å². The average Bonchev–Trinajstić information content (AvgIpc) is 3.08. The van der Waals surface area contributed by atoms with Crippen LogP contribution in [0, 0.1) is 0 Å². The molecule has 0 saturated heterocycles. The molecule has 0 radical (unpaired) electrons. The zero-order chi connectivity index (χ0) is 14.6. The lowest BCUT2D eigenvalue weighted by atomic mass is 10.00. The molecule has 0 saturated carbocycles. The second kappa shape index (κ2) is 6.47. The topological polar surface area (TPSA) is 62.2 Å². The second-order valence-electron chi connectivity index (χ2n) is 4.92. The van der Waals surface area contributed by atoms with Crippen LogP contribution in [0.5, 0.6) is 0 Å². The quantitative estimate of drug-likeness (QED) is 0.862. The van der Waals surface area contributed by atoms with E-state index in [4.69, 9.17) is 0 Å². The van der Waals surface area contributed by atoms with Gasteiger partial charge in [0.05, 0.1) is 29.1 Å². The summed E-state index contributed by atoms with van der Waals surface area (Å²) in [5.74, 6) is -0.105. The molecule has 1 unspecified atom stereocenters. The van der Waals surface area contributed by atoms with Crippen molar-refractivity contribution in [2.75, 3.05) is 6.61 Å². The Morgan fingerprint density at radius 2 is 2.30 bits per heavy atom. The summed E-state index contributed by atoms with van der Waals surface area (Å²) in [4.78, 5) is 17.6. The molecule has 0 aliphatic heterocycles. The van der Waals surface area contributed by atoms with E-state index < -0.39 is 5.54 Å². The SMILES string of the molecule is CCC(C)(CO)NC(=O)Cc1csc(-c2cccs2)n1. The molecular formula is C14H18N2O2S2. The first kappa shape index (κ1) is 15.2. The van der Waals surface area contributed by atoms with Crippen molar-refractivity contribution in [3.63, 3.8) is 0 Å². The summed E-state index contributed by atoms with van der Waals surface area (Å²) in [6.45, 7) is 3.71. The molecule has 6 heteroatoms. The summed E-state index contributed by atoms with van der Waals surface area (Å²) < 4.78 is 0. The molecule has 108 valence electrons. The highest BCUT2D eigenvalue weighted by Gasteiger charge is 2.23. The van der Waals surface area contributed by atoms with Gasteiger partial charge in [0.2, 0.25) is 5.91 Å². The molecule has 1 amide bonds. The van der Waals surface area contributed by atoms with Crippen LogP contribution >= 0.6 is 22.7 Å². The lowest BCUT2D eigenvalue weighted by Crippen LogP contribution is -2.48. The van der Waals surface area contributed by atoms with E-state index in [-0.39, 0.29) is 18.9 Å². The Labute approximate surface area is 126 Å². The number of aliphatic hydroxyl groups is 1. The predicted molar refractivity (Wildman–Crippen MR) is 83.1 cm³/mol. The summed E-state index contributed by atoms with van der Waals surface area (Å²) in [5.41, 5.74) is 0.219. The van der Waals surface area contributed by atoms with Crippen molar-refractivity contribution in [1.29, 1.82) is 0 Å². The number of nitrogens with one attached hydrogen (secondary N) is 1. The molecule has 0 spiro atoms. The maximum absolute atomic E-state index is 12.0. The Balaban J connectivity index is 1.99. The Morgan fingerprint density at radius 3 is 2.90 bits per heavy atom. The van der Waals surface area contributed by atoms with E-state index >= 15 is 0 Å². The summed E-state index contributed by atoms with van der Waals surface area (Å²) >= 11 is 3.19. The zero-order valence-electron chi connectivity index (χ0n) is 11.5. The van der Waals surface area contributed by atoms with Crippen molar-refractivity contribution >= 4 is 28.6 Å². The minimum absolute atomic E-state index is 0.0627. The van der Waals surface area contributed by atoms with Crippen LogP contribution in [-0.2, 0) is 11.2 Å². The zero-order valence-corrected chi connectivity index (χ0v) is 13.2. The predicted octanol–water partition coefficient (Wildman–Crippen LogP) is 2.69. The van der Waals surface area contributed by atoms with Crippen LogP contribution < -0.4 is 5.32 Å². The standard InChI is InChI=1S/C14H18N2O2S2/c1-3-14(2,9-17)16-12(18)7-10-8-20-13(15-10)11-5-4-6-19-11/h4-6,8,17H,3,7,9H2,1-2H3,(H,16,18). The fourth-order valence-corrected chi connectivity index (χ4v) is 3.32. The molecule has 0 bridgehead atoms. The fourth-order valence-electron chi connectivity index (χ4n) is 1.69. The monoisotopic (exact) mass is 310 g/mol. The minimum atomic E-state index is -0.552. The average molecular weight is 310 g/mol. The van der Waals surface area contributed by atoms with E-state index in [0.717, 1.165) is 15.6 Å². The van der Waals surface area contributed by atoms with Crippen LogP contribution in [0.1, 0.15) is 26.0 Å². The molecule has 2 aromatic heterocycles. The number of hydrogen-bond acceptors (Lipinski definition) is 5. The van der Waals surface area contributed by atoms with Gasteiger partial charge < -0.3 is 10.4 Å². The Bertz CT molecular complexity index is 560. The van der Waals surface area contributed by atoms with Gasteiger partial charge in [-0.2, -0.15) is 0 Å². The molecule has 0 aliphatic rings. The number of carbonyl (C=O) groups excluding carboxylic acids is 1. The molecule has 2 N–H and O–H groups in total. The van der Waals surface area contributed by atoms with Crippen molar-refractivity contribution < 1.29 is 9.90 Å². The molecule has 0 aliphatic carbocycles. The molecule has 1 atom stereocenters. The number of hydrogen-bond donors (Lipinski definition) is 2. The largest absolute Gasteiger partial charge is 0.394 e. The maximum atomic E-state index is 12.0. The van der Waals surface area contributed by atoms with Gasteiger partial charge in [-0.25, -0.2) is 4.98 Å². The number of rotatable bonds is 6. The van der Waals surface area contributed by atoms with E-state index in [1.165, 1.54) is 0 Å². The van der Waals surface area contributed by atoms with Gasteiger partial charge in [-0.15, -0.1) is 22.7 Å². The summed E-state index contributed by atoms with van der Waals surface area (Å²) in [6, 6.07) is 4.01. The fraction of sp³-hybridized carbons (Fsp3) is 0.429. The highest BCUT2D eigenvalue weighted by Crippen LogP contribution is 2.27. The van der Waals surface area contributed by atoms with Gasteiger partial charge in [0.25, 0.3) is 0 Å². The molecule has 20 heavy (non-hydrogen) atoms. The Morgan fingerprint density at radius 1 is 1.50 bits per heavy atom. The number of amides is 1. The van der Waals surface area contributed by atoms with E-state index in [9.17, 15) is 9.90 Å². The van der Waals surface area contributed by atoms with Gasteiger partial charge in [-0.1, -0.05) is 13.0 Å². The third-order valence-electron chi connectivity index (χ3n) is 3.20. The third kappa shape index (κ3) is 3.65. The first-order valence-electron chi connectivity index (χ1n) is 6.46. The van der Waals surface area contributed by atoms with Crippen LogP contribution in [0.3, 0.4) is 0 Å². The molecular weight excluding hydrogens is 292 g/mol. The van der Waals surface area contributed by atoms with Crippen molar-refractivity contribution in [2.24, 2.45) is 0 Å². The number of carbonyl (C=O) groups is 1. The number of aliphatic hydroxyl groups excluding tert-OH is 1. The van der Waals surface area contributed by atoms with Crippen LogP contribution in [0.15, 0.2) is 22.9 Å². The van der Waals surface area contributed by atoms with Crippen molar-refractivity contribution in [3.05, 3.63) is 28.6 Å². The summed E-state index contributed by atoms with van der Waals surface area (Å²) in [5, 5.41) is 17.0. The van der Waals surface area contributed by atoms with Crippen molar-refractivity contribution in [3.8, 4) is 9.88 Å². The smallest absolute Gasteiger partial charge is 0.226 e. The van der Waals surface area contributed by atoms with Gasteiger partial charge in [-0.05, 0) is 24.8 Å². The van der Waals surface area contributed by atoms with E-state index in [2.05, 4.69) is 10.3 Å². The first-order valence-corrected chi connectivity index (χ1v) is 8.22. The van der Waals surface area contributed by atoms with E-state index in [0.29, 0.717) is 6.42 Å². The maximum Gasteiger partial charge on any atom is 0.226 e. The van der Waals surface area contributed by atoms with E-state index in [1.54, 1.807) is 22.7 Å².